The Bertz CT molecular complexity index is 654. The van der Waals surface area contributed by atoms with E-state index in [0.717, 1.165) is 5.56 Å². The van der Waals surface area contributed by atoms with Crippen molar-refractivity contribution in [2.24, 2.45) is 0 Å². The summed E-state index contributed by atoms with van der Waals surface area (Å²) in [6, 6.07) is 15.3. The zero-order valence-electron chi connectivity index (χ0n) is 10.4. The van der Waals surface area contributed by atoms with E-state index in [9.17, 15) is 8.42 Å². The molecule has 0 aliphatic rings. The van der Waals surface area contributed by atoms with Crippen LogP contribution in [0.5, 0.6) is 0 Å². The number of hydrogen-bond donors (Lipinski definition) is 1. The lowest BCUT2D eigenvalue weighted by molar-refractivity contribution is 0.601. The van der Waals surface area contributed by atoms with Crippen molar-refractivity contribution in [3.05, 3.63) is 60.2 Å². The first kappa shape index (κ1) is 13.9. The molecule has 1 N–H and O–H groups in total. The normalized spacial score (nSPS) is 12.9. The lowest BCUT2D eigenvalue weighted by Crippen LogP contribution is -2.14. The summed E-state index contributed by atoms with van der Waals surface area (Å²) < 4.78 is 27.0. The van der Waals surface area contributed by atoms with E-state index in [1.807, 2.05) is 6.07 Å². The Balaban J connectivity index is 2.37. The number of para-hydroxylation sites is 1. The fourth-order valence-electron chi connectivity index (χ4n) is 1.74. The van der Waals surface area contributed by atoms with Crippen molar-refractivity contribution in [1.29, 1.82) is 0 Å². The molecular formula is C14H14ClNO2S. The standard InChI is InChI=1S/C14H14ClNO2S/c1-11(15)13-9-5-6-10-14(13)16-19(17,18)12-7-3-2-4-8-12/h2-11,16H,1H3. The molecule has 2 aromatic rings. The molecule has 1 atom stereocenters. The number of benzene rings is 2. The Morgan fingerprint density at radius 2 is 1.58 bits per heavy atom. The smallest absolute Gasteiger partial charge is 0.261 e. The summed E-state index contributed by atoms with van der Waals surface area (Å²) in [5, 5.41) is -0.269. The van der Waals surface area contributed by atoms with Crippen LogP contribution in [0.1, 0.15) is 17.9 Å². The van der Waals surface area contributed by atoms with Crippen LogP contribution < -0.4 is 4.72 Å². The van der Waals surface area contributed by atoms with E-state index in [1.54, 1.807) is 55.5 Å². The minimum Gasteiger partial charge on any atom is -0.279 e. The monoisotopic (exact) mass is 295 g/mol. The molecule has 0 radical (unpaired) electrons. The molecule has 0 spiro atoms. The average Bonchev–Trinajstić information content (AvgIpc) is 2.39. The highest BCUT2D eigenvalue weighted by molar-refractivity contribution is 7.92. The van der Waals surface area contributed by atoms with E-state index in [-0.39, 0.29) is 10.3 Å². The Hall–Kier alpha value is -1.52. The van der Waals surface area contributed by atoms with Crippen LogP contribution in [0.4, 0.5) is 5.69 Å². The van der Waals surface area contributed by atoms with Gasteiger partial charge in [-0.25, -0.2) is 8.42 Å². The summed E-state index contributed by atoms with van der Waals surface area (Å²) in [6.07, 6.45) is 0. The molecule has 19 heavy (non-hydrogen) atoms. The number of halogens is 1. The fourth-order valence-corrected chi connectivity index (χ4v) is 3.04. The summed E-state index contributed by atoms with van der Waals surface area (Å²) in [5.74, 6) is 0. The van der Waals surface area contributed by atoms with Crippen LogP contribution in [0.2, 0.25) is 0 Å². The highest BCUT2D eigenvalue weighted by Gasteiger charge is 2.16. The second kappa shape index (κ2) is 5.63. The molecule has 2 rings (SSSR count). The van der Waals surface area contributed by atoms with E-state index >= 15 is 0 Å². The van der Waals surface area contributed by atoms with E-state index in [4.69, 9.17) is 11.6 Å². The topological polar surface area (TPSA) is 46.2 Å². The maximum Gasteiger partial charge on any atom is 0.261 e. The van der Waals surface area contributed by atoms with Gasteiger partial charge in [0.15, 0.2) is 0 Å². The number of nitrogens with one attached hydrogen (secondary N) is 1. The third-order valence-electron chi connectivity index (χ3n) is 2.69. The van der Waals surface area contributed by atoms with Gasteiger partial charge in [0.25, 0.3) is 10.0 Å². The van der Waals surface area contributed by atoms with Crippen molar-refractivity contribution < 1.29 is 8.42 Å². The van der Waals surface area contributed by atoms with Gasteiger partial charge in [-0.15, -0.1) is 11.6 Å². The lowest BCUT2D eigenvalue weighted by atomic mass is 10.1. The van der Waals surface area contributed by atoms with Crippen LogP contribution in [-0.2, 0) is 10.0 Å². The first-order valence-electron chi connectivity index (χ1n) is 5.81. The summed E-state index contributed by atoms with van der Waals surface area (Å²) >= 11 is 6.05. The first-order valence-corrected chi connectivity index (χ1v) is 7.73. The SMILES string of the molecule is CC(Cl)c1ccccc1NS(=O)(=O)c1ccccc1. The lowest BCUT2D eigenvalue weighted by Gasteiger charge is -2.13. The molecule has 2 aromatic carbocycles. The van der Waals surface area contributed by atoms with Crippen molar-refractivity contribution in [2.75, 3.05) is 4.72 Å². The number of anilines is 1. The summed E-state index contributed by atoms with van der Waals surface area (Å²) in [7, 11) is -3.58. The maximum absolute atomic E-state index is 12.2. The fraction of sp³-hybridized carbons (Fsp3) is 0.143. The van der Waals surface area contributed by atoms with Gasteiger partial charge in [-0.1, -0.05) is 36.4 Å². The second-order valence-corrected chi connectivity index (χ2v) is 6.46. The molecular weight excluding hydrogens is 282 g/mol. The summed E-state index contributed by atoms with van der Waals surface area (Å²) in [6.45, 7) is 1.80. The van der Waals surface area contributed by atoms with Crippen molar-refractivity contribution in [3.63, 3.8) is 0 Å². The largest absolute Gasteiger partial charge is 0.279 e. The molecule has 0 saturated carbocycles. The molecule has 0 amide bonds. The van der Waals surface area contributed by atoms with Gasteiger partial charge in [0.05, 0.1) is 16.0 Å². The van der Waals surface area contributed by atoms with Crippen molar-refractivity contribution in [1.82, 2.24) is 0 Å². The highest BCUT2D eigenvalue weighted by Crippen LogP contribution is 2.28. The Kier molecular flexibility index (Phi) is 4.12. The van der Waals surface area contributed by atoms with Gasteiger partial charge in [0.2, 0.25) is 0 Å². The first-order chi connectivity index (χ1) is 9.00. The number of hydrogen-bond acceptors (Lipinski definition) is 2. The van der Waals surface area contributed by atoms with E-state index in [1.165, 1.54) is 0 Å². The molecule has 0 bridgehead atoms. The average molecular weight is 296 g/mol. The molecule has 0 aliphatic carbocycles. The van der Waals surface area contributed by atoms with Gasteiger partial charge >= 0.3 is 0 Å². The highest BCUT2D eigenvalue weighted by atomic mass is 35.5. The molecule has 5 heteroatoms. The van der Waals surface area contributed by atoms with Gasteiger partial charge in [-0.3, -0.25) is 4.72 Å². The molecule has 3 nitrogen and oxygen atoms in total. The molecule has 100 valence electrons. The zero-order valence-corrected chi connectivity index (χ0v) is 11.9. The summed E-state index contributed by atoms with van der Waals surface area (Å²) in [4.78, 5) is 0.229. The van der Waals surface area contributed by atoms with Crippen molar-refractivity contribution in [3.8, 4) is 0 Å². The van der Waals surface area contributed by atoms with E-state index < -0.39 is 10.0 Å². The molecule has 0 aliphatic heterocycles. The number of alkyl halides is 1. The predicted molar refractivity (Wildman–Crippen MR) is 78.0 cm³/mol. The maximum atomic E-state index is 12.2. The second-order valence-electron chi connectivity index (χ2n) is 4.12. The van der Waals surface area contributed by atoms with Crippen molar-refractivity contribution in [2.45, 2.75) is 17.2 Å². The van der Waals surface area contributed by atoms with Crippen LogP contribution >= 0.6 is 11.6 Å². The van der Waals surface area contributed by atoms with Crippen LogP contribution in [0.15, 0.2) is 59.5 Å². The molecule has 0 aromatic heterocycles. The Morgan fingerprint density at radius 1 is 1.00 bits per heavy atom. The molecule has 1 unspecified atom stereocenters. The Labute approximate surface area is 118 Å². The number of rotatable bonds is 4. The minimum atomic E-state index is -3.58. The molecule has 0 saturated heterocycles. The summed E-state index contributed by atoms with van der Waals surface area (Å²) in [5.41, 5.74) is 1.26. The van der Waals surface area contributed by atoms with Gasteiger partial charge in [0, 0.05) is 0 Å². The zero-order chi connectivity index (χ0) is 13.9. The predicted octanol–water partition coefficient (Wildman–Crippen LogP) is 3.79. The number of sulfonamides is 1. The van der Waals surface area contributed by atoms with Crippen LogP contribution in [0.25, 0.3) is 0 Å². The third kappa shape index (κ3) is 3.28. The van der Waals surface area contributed by atoms with Crippen molar-refractivity contribution >= 4 is 27.3 Å². The van der Waals surface area contributed by atoms with E-state index in [0.29, 0.717) is 5.69 Å². The van der Waals surface area contributed by atoms with Gasteiger partial charge in [-0.05, 0) is 30.7 Å². The van der Waals surface area contributed by atoms with Gasteiger partial charge < -0.3 is 0 Å². The van der Waals surface area contributed by atoms with Crippen LogP contribution in [0.3, 0.4) is 0 Å². The van der Waals surface area contributed by atoms with Crippen LogP contribution in [-0.4, -0.2) is 8.42 Å². The van der Waals surface area contributed by atoms with Gasteiger partial charge in [-0.2, -0.15) is 0 Å². The quantitative estimate of drug-likeness (QED) is 0.872. The minimum absolute atomic E-state index is 0.229. The molecule has 0 heterocycles. The van der Waals surface area contributed by atoms with E-state index in [2.05, 4.69) is 4.72 Å². The van der Waals surface area contributed by atoms with Gasteiger partial charge in [0.1, 0.15) is 0 Å². The third-order valence-corrected chi connectivity index (χ3v) is 4.30. The van der Waals surface area contributed by atoms with Crippen LogP contribution in [0, 0.1) is 0 Å². The molecule has 0 fully saturated rings. The Morgan fingerprint density at radius 3 is 2.21 bits per heavy atom.